The molecule has 2 aliphatic carbocycles. The highest BCUT2D eigenvalue weighted by Gasteiger charge is 2.44. The molecule has 5 rings (SSSR count). The minimum Gasteiger partial charge on any atom is -0.351 e. The highest BCUT2D eigenvalue weighted by atomic mass is 35.5. The number of nitrogens with zero attached hydrogens (tertiary/aromatic N) is 3. The molecule has 0 unspecified atom stereocenters. The van der Waals surface area contributed by atoms with Gasteiger partial charge in [-0.25, -0.2) is 4.98 Å². The number of rotatable bonds is 5. The van der Waals surface area contributed by atoms with Crippen LogP contribution >= 0.6 is 11.6 Å². The standard InChI is InChI=1S/C22H23ClN4O/c1-13-19-17(11-18(14-3-4-14)25-20(19)27(2)26-13)21(28)24-12-22(9-10-22)15-5-7-16(23)8-6-15/h5-8,11,14H,3-4,9-10,12H2,1-2H3,(H,24,28). The number of nitrogens with one attached hydrogen (secondary N) is 1. The van der Waals surface area contributed by atoms with E-state index < -0.39 is 0 Å². The number of benzene rings is 1. The topological polar surface area (TPSA) is 59.8 Å². The van der Waals surface area contributed by atoms with Crippen molar-refractivity contribution in [2.24, 2.45) is 7.05 Å². The fourth-order valence-corrected chi connectivity index (χ4v) is 4.22. The zero-order chi connectivity index (χ0) is 19.5. The highest BCUT2D eigenvalue weighted by Crippen LogP contribution is 2.48. The molecule has 5 nitrogen and oxygen atoms in total. The molecule has 0 spiro atoms. The number of carbonyl (C=O) groups excluding carboxylic acids is 1. The van der Waals surface area contributed by atoms with E-state index in [0.717, 1.165) is 53.1 Å². The van der Waals surface area contributed by atoms with Crippen LogP contribution in [-0.2, 0) is 12.5 Å². The fraction of sp³-hybridized carbons (Fsp3) is 0.409. The Hall–Kier alpha value is -2.40. The molecule has 0 radical (unpaired) electrons. The lowest BCUT2D eigenvalue weighted by molar-refractivity contribution is 0.0951. The second kappa shape index (κ2) is 6.31. The molecule has 2 fully saturated rings. The van der Waals surface area contributed by atoms with E-state index in [0.29, 0.717) is 18.0 Å². The Morgan fingerprint density at radius 3 is 2.64 bits per heavy atom. The highest BCUT2D eigenvalue weighted by molar-refractivity contribution is 6.30. The van der Waals surface area contributed by atoms with Crippen molar-refractivity contribution in [2.75, 3.05) is 6.54 Å². The van der Waals surface area contributed by atoms with Gasteiger partial charge in [-0.3, -0.25) is 9.48 Å². The van der Waals surface area contributed by atoms with Crippen LogP contribution in [0.25, 0.3) is 11.0 Å². The van der Waals surface area contributed by atoms with Crippen molar-refractivity contribution in [3.8, 4) is 0 Å². The van der Waals surface area contributed by atoms with E-state index in [9.17, 15) is 4.79 Å². The second-order valence-electron chi connectivity index (χ2n) is 8.25. The molecule has 28 heavy (non-hydrogen) atoms. The maximum atomic E-state index is 13.2. The van der Waals surface area contributed by atoms with Crippen LogP contribution in [0.1, 0.15) is 58.9 Å². The molecule has 0 atom stereocenters. The second-order valence-corrected chi connectivity index (χ2v) is 8.68. The molecule has 1 N–H and O–H groups in total. The lowest BCUT2D eigenvalue weighted by Gasteiger charge is -2.17. The largest absolute Gasteiger partial charge is 0.351 e. The van der Waals surface area contributed by atoms with Crippen molar-refractivity contribution >= 4 is 28.5 Å². The number of hydrogen-bond acceptors (Lipinski definition) is 3. The third-order valence-electron chi connectivity index (χ3n) is 6.13. The van der Waals surface area contributed by atoms with Crippen molar-refractivity contribution in [2.45, 2.75) is 43.9 Å². The van der Waals surface area contributed by atoms with Crippen molar-refractivity contribution in [3.63, 3.8) is 0 Å². The molecule has 2 heterocycles. The van der Waals surface area contributed by atoms with E-state index in [1.807, 2.05) is 32.2 Å². The first-order chi connectivity index (χ1) is 13.5. The molecule has 6 heteroatoms. The minimum atomic E-state index is -0.0364. The van der Waals surface area contributed by atoms with Crippen LogP contribution in [-0.4, -0.2) is 27.2 Å². The van der Waals surface area contributed by atoms with Crippen LogP contribution in [0.2, 0.25) is 5.02 Å². The SMILES string of the molecule is Cc1nn(C)c2nc(C3CC3)cc(C(=O)NCC3(c4ccc(Cl)cc4)CC3)c12. The first kappa shape index (κ1) is 17.7. The van der Waals surface area contributed by atoms with Gasteiger partial charge in [-0.1, -0.05) is 23.7 Å². The first-order valence-electron chi connectivity index (χ1n) is 9.85. The third kappa shape index (κ3) is 2.98. The molecule has 2 aromatic heterocycles. The normalized spacial score (nSPS) is 17.7. The Labute approximate surface area is 169 Å². The number of hydrogen-bond donors (Lipinski definition) is 1. The van der Waals surface area contributed by atoms with Crippen LogP contribution in [0.15, 0.2) is 30.3 Å². The molecule has 144 valence electrons. The number of amides is 1. The van der Waals surface area contributed by atoms with Gasteiger partial charge in [0.25, 0.3) is 5.91 Å². The summed E-state index contributed by atoms with van der Waals surface area (Å²) >= 11 is 6.02. The van der Waals surface area contributed by atoms with Crippen LogP contribution in [0, 0.1) is 6.92 Å². The van der Waals surface area contributed by atoms with Gasteiger partial charge in [0.1, 0.15) is 0 Å². The minimum absolute atomic E-state index is 0.0364. The zero-order valence-corrected chi connectivity index (χ0v) is 16.9. The average Bonchev–Trinajstić information content (AvgIpc) is 3.60. The van der Waals surface area contributed by atoms with E-state index in [1.165, 1.54) is 5.56 Å². The molecule has 0 saturated heterocycles. The number of pyridine rings is 1. The molecule has 0 bridgehead atoms. The van der Waals surface area contributed by atoms with Crippen LogP contribution in [0.5, 0.6) is 0 Å². The van der Waals surface area contributed by atoms with Gasteiger partial charge in [0.15, 0.2) is 5.65 Å². The Bertz CT molecular complexity index is 1080. The summed E-state index contributed by atoms with van der Waals surface area (Å²) < 4.78 is 1.78. The van der Waals surface area contributed by atoms with Crippen LogP contribution in [0.4, 0.5) is 0 Å². The van der Waals surface area contributed by atoms with Gasteiger partial charge >= 0.3 is 0 Å². The Balaban J connectivity index is 1.44. The summed E-state index contributed by atoms with van der Waals surface area (Å²) in [5.74, 6) is 0.445. The Kier molecular flexibility index (Phi) is 3.98. The van der Waals surface area contributed by atoms with Gasteiger partial charge in [-0.05, 0) is 56.4 Å². The summed E-state index contributed by atoms with van der Waals surface area (Å²) in [5.41, 5.74) is 4.63. The van der Waals surface area contributed by atoms with E-state index in [4.69, 9.17) is 16.6 Å². The quantitative estimate of drug-likeness (QED) is 0.703. The van der Waals surface area contributed by atoms with E-state index in [-0.39, 0.29) is 11.3 Å². The monoisotopic (exact) mass is 394 g/mol. The van der Waals surface area contributed by atoms with Gasteiger partial charge in [-0.2, -0.15) is 5.10 Å². The van der Waals surface area contributed by atoms with E-state index >= 15 is 0 Å². The number of aromatic nitrogens is 3. The number of fused-ring (bicyclic) bond motifs is 1. The molecular formula is C22H23ClN4O. The summed E-state index contributed by atoms with van der Waals surface area (Å²) in [5, 5.41) is 9.29. The van der Waals surface area contributed by atoms with Crippen LogP contribution in [0.3, 0.4) is 0 Å². The lowest BCUT2D eigenvalue weighted by Crippen LogP contribution is -2.32. The third-order valence-corrected chi connectivity index (χ3v) is 6.38. The molecular weight excluding hydrogens is 372 g/mol. The zero-order valence-electron chi connectivity index (χ0n) is 16.1. The molecule has 0 aliphatic heterocycles. The molecule has 3 aromatic rings. The summed E-state index contributed by atoms with van der Waals surface area (Å²) in [6, 6.07) is 9.97. The summed E-state index contributed by atoms with van der Waals surface area (Å²) in [6.07, 6.45) is 4.46. The Morgan fingerprint density at radius 2 is 2.00 bits per heavy atom. The fourth-order valence-electron chi connectivity index (χ4n) is 4.10. The maximum absolute atomic E-state index is 13.2. The first-order valence-corrected chi connectivity index (χ1v) is 10.2. The van der Waals surface area contributed by atoms with E-state index in [2.05, 4.69) is 22.5 Å². The Morgan fingerprint density at radius 1 is 1.29 bits per heavy atom. The van der Waals surface area contributed by atoms with Crippen molar-refractivity contribution in [3.05, 3.63) is 57.9 Å². The summed E-state index contributed by atoms with van der Waals surface area (Å²) in [6.45, 7) is 2.57. The van der Waals surface area contributed by atoms with Crippen molar-refractivity contribution < 1.29 is 4.79 Å². The van der Waals surface area contributed by atoms with Gasteiger partial charge in [-0.15, -0.1) is 0 Å². The summed E-state index contributed by atoms with van der Waals surface area (Å²) in [7, 11) is 1.89. The van der Waals surface area contributed by atoms with Gasteiger partial charge in [0, 0.05) is 35.6 Å². The number of carbonyl (C=O) groups is 1. The lowest BCUT2D eigenvalue weighted by atomic mass is 9.96. The van der Waals surface area contributed by atoms with Gasteiger partial charge in [0.05, 0.1) is 16.6 Å². The number of halogens is 1. The predicted octanol–water partition coefficient (Wildman–Crippen LogP) is 4.27. The van der Waals surface area contributed by atoms with Gasteiger partial charge in [0.2, 0.25) is 0 Å². The smallest absolute Gasteiger partial charge is 0.252 e. The molecule has 1 amide bonds. The molecule has 1 aromatic carbocycles. The maximum Gasteiger partial charge on any atom is 0.252 e. The molecule has 2 aliphatic rings. The predicted molar refractivity (Wildman–Crippen MR) is 110 cm³/mol. The number of aryl methyl sites for hydroxylation is 2. The average molecular weight is 395 g/mol. The van der Waals surface area contributed by atoms with Crippen molar-refractivity contribution in [1.29, 1.82) is 0 Å². The van der Waals surface area contributed by atoms with E-state index in [1.54, 1.807) is 4.68 Å². The van der Waals surface area contributed by atoms with Crippen molar-refractivity contribution in [1.82, 2.24) is 20.1 Å². The van der Waals surface area contributed by atoms with Crippen LogP contribution < -0.4 is 5.32 Å². The summed E-state index contributed by atoms with van der Waals surface area (Å²) in [4.78, 5) is 18.0. The molecule has 2 saturated carbocycles. The van der Waals surface area contributed by atoms with Gasteiger partial charge < -0.3 is 5.32 Å².